The van der Waals surface area contributed by atoms with Crippen molar-refractivity contribution in [2.45, 2.75) is 52.0 Å². The number of aryl methyl sites for hydroxylation is 2. The largest absolute Gasteiger partial charge is 0.314 e. The minimum absolute atomic E-state index is 0.735. The molecule has 2 rings (SSSR count). The highest BCUT2D eigenvalue weighted by Gasteiger charge is 2.17. The molecule has 0 bridgehead atoms. The van der Waals surface area contributed by atoms with E-state index >= 15 is 0 Å². The van der Waals surface area contributed by atoms with Crippen molar-refractivity contribution >= 4 is 0 Å². The Labute approximate surface area is 117 Å². The van der Waals surface area contributed by atoms with Crippen molar-refractivity contribution in [3.63, 3.8) is 0 Å². The van der Waals surface area contributed by atoms with Gasteiger partial charge in [0.2, 0.25) is 0 Å². The number of aromatic amines is 1. The fourth-order valence-electron chi connectivity index (χ4n) is 2.89. The molecule has 108 valence electrons. The molecule has 0 saturated carbocycles. The van der Waals surface area contributed by atoms with E-state index in [1.807, 2.05) is 6.20 Å². The molecule has 0 radical (unpaired) electrons. The van der Waals surface area contributed by atoms with E-state index in [0.717, 1.165) is 19.0 Å². The lowest BCUT2D eigenvalue weighted by Crippen LogP contribution is -2.43. The molecular formula is C15H28N4. The summed E-state index contributed by atoms with van der Waals surface area (Å²) < 4.78 is 0. The zero-order chi connectivity index (χ0) is 13.5. The van der Waals surface area contributed by atoms with E-state index in [2.05, 4.69) is 34.3 Å². The van der Waals surface area contributed by atoms with Gasteiger partial charge in [-0.3, -0.25) is 5.10 Å². The molecule has 1 aromatic rings. The van der Waals surface area contributed by atoms with Crippen molar-refractivity contribution in [2.75, 3.05) is 26.2 Å². The maximum absolute atomic E-state index is 4.07. The fraction of sp³-hybridized carbons (Fsp3) is 0.800. The summed E-state index contributed by atoms with van der Waals surface area (Å²) in [5.74, 6) is 0. The number of H-pyrrole nitrogens is 1. The summed E-state index contributed by atoms with van der Waals surface area (Å²) in [6.07, 6.45) is 8.19. The second-order valence-electron chi connectivity index (χ2n) is 5.69. The third kappa shape index (κ3) is 4.62. The van der Waals surface area contributed by atoms with Crippen LogP contribution in [0.3, 0.4) is 0 Å². The molecule has 0 amide bonds. The molecule has 0 aromatic carbocycles. The molecule has 1 aliphatic heterocycles. The molecule has 0 atom stereocenters. The van der Waals surface area contributed by atoms with E-state index in [4.69, 9.17) is 0 Å². The zero-order valence-corrected chi connectivity index (χ0v) is 12.4. The van der Waals surface area contributed by atoms with Crippen LogP contribution < -0.4 is 5.32 Å². The molecule has 1 aliphatic rings. The fourth-order valence-corrected chi connectivity index (χ4v) is 2.89. The van der Waals surface area contributed by atoms with Crippen molar-refractivity contribution < 1.29 is 0 Å². The maximum Gasteiger partial charge on any atom is 0.0522 e. The molecule has 4 heteroatoms. The van der Waals surface area contributed by atoms with Crippen molar-refractivity contribution in [1.82, 2.24) is 20.4 Å². The number of hydrogen-bond acceptors (Lipinski definition) is 3. The van der Waals surface area contributed by atoms with Gasteiger partial charge in [-0.1, -0.05) is 6.92 Å². The monoisotopic (exact) mass is 264 g/mol. The van der Waals surface area contributed by atoms with Crippen LogP contribution in [-0.2, 0) is 6.42 Å². The highest BCUT2D eigenvalue weighted by atomic mass is 15.1. The number of likely N-dealkylation sites (tertiary alicyclic amines) is 1. The SMILES string of the molecule is CCCN1CCC(NCCCc2cn[nH]c2C)CC1. The van der Waals surface area contributed by atoms with Crippen LogP contribution in [0.25, 0.3) is 0 Å². The Bertz CT molecular complexity index is 353. The van der Waals surface area contributed by atoms with Crippen molar-refractivity contribution in [1.29, 1.82) is 0 Å². The number of nitrogens with zero attached hydrogens (tertiary/aromatic N) is 2. The summed E-state index contributed by atoms with van der Waals surface area (Å²) >= 11 is 0. The predicted octanol–water partition coefficient (Wildman–Crippen LogP) is 2.11. The van der Waals surface area contributed by atoms with E-state index in [1.165, 1.54) is 56.6 Å². The average Bonchev–Trinajstić information content (AvgIpc) is 2.83. The normalized spacial score (nSPS) is 18.0. The molecule has 0 aliphatic carbocycles. The average molecular weight is 264 g/mol. The Balaban J connectivity index is 1.56. The van der Waals surface area contributed by atoms with E-state index in [1.54, 1.807) is 0 Å². The van der Waals surface area contributed by atoms with Gasteiger partial charge in [0.05, 0.1) is 6.20 Å². The van der Waals surface area contributed by atoms with Gasteiger partial charge < -0.3 is 10.2 Å². The van der Waals surface area contributed by atoms with Gasteiger partial charge >= 0.3 is 0 Å². The lowest BCUT2D eigenvalue weighted by atomic mass is 10.0. The molecule has 4 nitrogen and oxygen atoms in total. The summed E-state index contributed by atoms with van der Waals surface area (Å²) in [6, 6.07) is 0.735. The lowest BCUT2D eigenvalue weighted by Gasteiger charge is -2.32. The van der Waals surface area contributed by atoms with Gasteiger partial charge in [-0.05, 0) is 70.8 Å². The molecule has 1 saturated heterocycles. The van der Waals surface area contributed by atoms with Crippen molar-refractivity contribution in [3.05, 3.63) is 17.5 Å². The number of aromatic nitrogens is 2. The third-order valence-electron chi connectivity index (χ3n) is 4.12. The van der Waals surface area contributed by atoms with Crippen LogP contribution in [0.15, 0.2) is 6.20 Å². The molecule has 0 spiro atoms. The number of hydrogen-bond donors (Lipinski definition) is 2. The van der Waals surface area contributed by atoms with Crippen LogP contribution in [-0.4, -0.2) is 47.3 Å². The smallest absolute Gasteiger partial charge is 0.0522 e. The van der Waals surface area contributed by atoms with Crippen LogP contribution in [0.2, 0.25) is 0 Å². The minimum atomic E-state index is 0.735. The first-order chi connectivity index (χ1) is 9.29. The second kappa shape index (κ2) is 7.65. The maximum atomic E-state index is 4.07. The summed E-state index contributed by atoms with van der Waals surface area (Å²) in [5.41, 5.74) is 2.58. The van der Waals surface area contributed by atoms with E-state index < -0.39 is 0 Å². The summed E-state index contributed by atoms with van der Waals surface area (Å²) in [7, 11) is 0. The highest BCUT2D eigenvalue weighted by Crippen LogP contribution is 2.11. The first-order valence-corrected chi connectivity index (χ1v) is 7.74. The zero-order valence-electron chi connectivity index (χ0n) is 12.4. The summed E-state index contributed by atoms with van der Waals surface area (Å²) in [6.45, 7) is 9.30. The molecule has 0 unspecified atom stereocenters. The minimum Gasteiger partial charge on any atom is -0.314 e. The van der Waals surface area contributed by atoms with Crippen molar-refractivity contribution in [3.8, 4) is 0 Å². The summed E-state index contributed by atoms with van der Waals surface area (Å²) in [5, 5.41) is 10.8. The van der Waals surface area contributed by atoms with Gasteiger partial charge in [-0.25, -0.2) is 0 Å². The number of rotatable bonds is 7. The highest BCUT2D eigenvalue weighted by molar-refractivity contribution is 5.14. The van der Waals surface area contributed by atoms with Gasteiger partial charge in [0, 0.05) is 11.7 Å². The van der Waals surface area contributed by atoms with Crippen LogP contribution >= 0.6 is 0 Å². The molecule has 1 aromatic heterocycles. The van der Waals surface area contributed by atoms with Crippen LogP contribution in [0.5, 0.6) is 0 Å². The van der Waals surface area contributed by atoms with E-state index in [0.29, 0.717) is 0 Å². The molecule has 1 fully saturated rings. The van der Waals surface area contributed by atoms with Gasteiger partial charge in [-0.15, -0.1) is 0 Å². The summed E-state index contributed by atoms with van der Waals surface area (Å²) in [4.78, 5) is 2.59. The Morgan fingerprint density at radius 1 is 1.42 bits per heavy atom. The first-order valence-electron chi connectivity index (χ1n) is 7.74. The number of piperidine rings is 1. The number of nitrogens with one attached hydrogen (secondary N) is 2. The van der Waals surface area contributed by atoms with Gasteiger partial charge in [-0.2, -0.15) is 5.10 Å². The Morgan fingerprint density at radius 2 is 2.21 bits per heavy atom. The lowest BCUT2D eigenvalue weighted by molar-refractivity contribution is 0.198. The first kappa shape index (κ1) is 14.5. The Morgan fingerprint density at radius 3 is 2.84 bits per heavy atom. The van der Waals surface area contributed by atoms with Crippen LogP contribution in [0.4, 0.5) is 0 Å². The van der Waals surface area contributed by atoms with Gasteiger partial charge in [0.25, 0.3) is 0 Å². The van der Waals surface area contributed by atoms with Crippen LogP contribution in [0, 0.1) is 6.92 Å². The molecular weight excluding hydrogens is 236 g/mol. The van der Waals surface area contributed by atoms with Gasteiger partial charge in [0.15, 0.2) is 0 Å². The third-order valence-corrected chi connectivity index (χ3v) is 4.12. The van der Waals surface area contributed by atoms with Crippen LogP contribution in [0.1, 0.15) is 43.9 Å². The molecule has 2 N–H and O–H groups in total. The topological polar surface area (TPSA) is 44.0 Å². The van der Waals surface area contributed by atoms with Crippen molar-refractivity contribution in [2.24, 2.45) is 0 Å². The molecule has 2 heterocycles. The van der Waals surface area contributed by atoms with E-state index in [9.17, 15) is 0 Å². The molecule has 19 heavy (non-hydrogen) atoms. The van der Waals surface area contributed by atoms with E-state index in [-0.39, 0.29) is 0 Å². The predicted molar refractivity (Wildman–Crippen MR) is 79.4 cm³/mol. The second-order valence-corrected chi connectivity index (χ2v) is 5.69. The Kier molecular flexibility index (Phi) is 5.86. The standard InChI is InChI=1S/C15H28N4/c1-3-9-19-10-6-15(7-11-19)16-8-4-5-14-12-17-18-13(14)2/h12,15-16H,3-11H2,1-2H3,(H,17,18). The Hall–Kier alpha value is -0.870. The van der Waals surface area contributed by atoms with Gasteiger partial charge in [0.1, 0.15) is 0 Å². The quantitative estimate of drug-likeness (QED) is 0.741.